The first-order valence-corrected chi connectivity index (χ1v) is 14.1. The molecule has 0 fully saturated rings. The number of halogens is 1. The van der Waals surface area contributed by atoms with Gasteiger partial charge in [-0.2, -0.15) is 0 Å². The van der Waals surface area contributed by atoms with Crippen LogP contribution in [0.2, 0.25) is 5.02 Å². The van der Waals surface area contributed by atoms with E-state index in [0.29, 0.717) is 21.8 Å². The first kappa shape index (κ1) is 30.9. The number of carbonyl (C=O) groups excluding carboxylic acids is 3. The Morgan fingerprint density at radius 1 is 0.837 bits per heavy atom. The molecule has 4 rings (SSSR count). The zero-order chi connectivity index (χ0) is 30.9. The number of carboxylic acids is 1. The normalized spacial score (nSPS) is 11.7. The Morgan fingerprint density at radius 3 is 2.16 bits per heavy atom. The molecule has 3 amide bonds. The molecule has 0 spiro atoms. The monoisotopic (exact) mass is 615 g/mol. The Labute approximate surface area is 256 Å². The Hall–Kier alpha value is -5.06. The van der Waals surface area contributed by atoms with Gasteiger partial charge in [-0.3, -0.25) is 14.4 Å². The number of amides is 3. The number of anilines is 2. The van der Waals surface area contributed by atoms with Crippen LogP contribution in [0.15, 0.2) is 108 Å². The maximum Gasteiger partial charge on any atom is 0.339 e. The second kappa shape index (κ2) is 14.2. The third-order valence-electron chi connectivity index (χ3n) is 6.02. The predicted octanol–water partition coefficient (Wildman–Crippen LogP) is 6.27. The number of phenols is 1. The van der Waals surface area contributed by atoms with E-state index in [1.54, 1.807) is 85.8 Å². The van der Waals surface area contributed by atoms with Crippen LogP contribution in [0.25, 0.3) is 6.08 Å². The molecule has 0 saturated carbocycles. The number of carbonyl (C=O) groups is 4. The Bertz CT molecular complexity index is 1690. The summed E-state index contributed by atoms with van der Waals surface area (Å²) in [6, 6.07) is 26.0. The lowest BCUT2D eigenvalue weighted by atomic mass is 10.1. The van der Waals surface area contributed by atoms with Crippen molar-refractivity contribution in [1.29, 1.82) is 0 Å². The molecule has 9 nitrogen and oxygen atoms in total. The molecular formula is C32H26ClN3O6S. The van der Waals surface area contributed by atoms with E-state index >= 15 is 0 Å². The lowest BCUT2D eigenvalue weighted by Crippen LogP contribution is -2.30. The zero-order valence-corrected chi connectivity index (χ0v) is 24.3. The average Bonchev–Trinajstić information content (AvgIpc) is 3.00. The van der Waals surface area contributed by atoms with Crippen LogP contribution in [0.5, 0.6) is 5.75 Å². The molecule has 1 unspecified atom stereocenters. The number of nitrogens with one attached hydrogen (secondary N) is 3. The van der Waals surface area contributed by atoms with Gasteiger partial charge in [-0.1, -0.05) is 48.0 Å². The number of carboxylic acid groups (broad SMARTS) is 1. The minimum Gasteiger partial charge on any atom is -0.507 e. The summed E-state index contributed by atoms with van der Waals surface area (Å²) in [7, 11) is 0. The summed E-state index contributed by atoms with van der Waals surface area (Å²) in [4.78, 5) is 50.8. The number of aromatic hydroxyl groups is 1. The van der Waals surface area contributed by atoms with Gasteiger partial charge in [0.15, 0.2) is 0 Å². The molecule has 43 heavy (non-hydrogen) atoms. The van der Waals surface area contributed by atoms with Gasteiger partial charge >= 0.3 is 5.97 Å². The highest BCUT2D eigenvalue weighted by Gasteiger charge is 2.18. The molecule has 0 bridgehead atoms. The fourth-order valence-corrected chi connectivity index (χ4v) is 4.85. The molecule has 5 N–H and O–H groups in total. The molecule has 4 aromatic carbocycles. The molecule has 218 valence electrons. The van der Waals surface area contributed by atoms with Crippen molar-refractivity contribution in [3.05, 3.63) is 124 Å². The largest absolute Gasteiger partial charge is 0.507 e. The number of hydrogen-bond acceptors (Lipinski definition) is 6. The van der Waals surface area contributed by atoms with Crippen LogP contribution in [-0.2, 0) is 9.59 Å². The van der Waals surface area contributed by atoms with E-state index < -0.39 is 28.8 Å². The van der Waals surface area contributed by atoms with E-state index in [0.717, 1.165) is 4.90 Å². The van der Waals surface area contributed by atoms with Crippen LogP contribution in [-0.4, -0.2) is 39.2 Å². The van der Waals surface area contributed by atoms with Gasteiger partial charge in [-0.15, -0.1) is 11.8 Å². The highest BCUT2D eigenvalue weighted by molar-refractivity contribution is 8.00. The molecule has 0 aromatic heterocycles. The highest BCUT2D eigenvalue weighted by Crippen LogP contribution is 2.27. The van der Waals surface area contributed by atoms with Gasteiger partial charge in [-0.25, -0.2) is 4.79 Å². The van der Waals surface area contributed by atoms with Crippen molar-refractivity contribution in [3.8, 4) is 5.75 Å². The Balaban J connectivity index is 1.43. The fraction of sp³-hybridized carbons (Fsp3) is 0.0625. The molecule has 0 aliphatic carbocycles. The fourth-order valence-electron chi connectivity index (χ4n) is 3.79. The Morgan fingerprint density at radius 2 is 1.49 bits per heavy atom. The second-order valence-electron chi connectivity index (χ2n) is 9.16. The summed E-state index contributed by atoms with van der Waals surface area (Å²) >= 11 is 7.54. The van der Waals surface area contributed by atoms with Gasteiger partial charge in [0.25, 0.3) is 11.8 Å². The van der Waals surface area contributed by atoms with Crippen molar-refractivity contribution < 1.29 is 29.4 Å². The zero-order valence-electron chi connectivity index (χ0n) is 22.7. The number of rotatable bonds is 10. The molecule has 0 aliphatic heterocycles. The van der Waals surface area contributed by atoms with Crippen molar-refractivity contribution in [2.24, 2.45) is 0 Å². The summed E-state index contributed by atoms with van der Waals surface area (Å²) in [5.74, 6) is -3.10. The van der Waals surface area contributed by atoms with Crippen molar-refractivity contribution in [3.63, 3.8) is 0 Å². The molecule has 0 radical (unpaired) electrons. The number of thioether (sulfide) groups is 1. The van der Waals surface area contributed by atoms with Crippen molar-refractivity contribution in [2.45, 2.75) is 17.1 Å². The Kier molecular flexibility index (Phi) is 10.2. The highest BCUT2D eigenvalue weighted by atomic mass is 35.5. The summed E-state index contributed by atoms with van der Waals surface area (Å²) in [5, 5.41) is 26.8. The van der Waals surface area contributed by atoms with Crippen LogP contribution in [0.4, 0.5) is 11.4 Å². The van der Waals surface area contributed by atoms with E-state index in [4.69, 9.17) is 16.7 Å². The second-order valence-corrected chi connectivity index (χ2v) is 11.0. The van der Waals surface area contributed by atoms with E-state index in [1.165, 1.54) is 36.0 Å². The third-order valence-corrected chi connectivity index (χ3v) is 7.48. The van der Waals surface area contributed by atoms with E-state index in [1.807, 2.05) is 0 Å². The molecule has 11 heteroatoms. The van der Waals surface area contributed by atoms with Crippen LogP contribution in [0.3, 0.4) is 0 Å². The van der Waals surface area contributed by atoms with Crippen molar-refractivity contribution in [2.75, 3.05) is 10.6 Å². The molecule has 4 aromatic rings. The van der Waals surface area contributed by atoms with Crippen LogP contribution < -0.4 is 16.0 Å². The molecular weight excluding hydrogens is 590 g/mol. The maximum absolute atomic E-state index is 13.3. The van der Waals surface area contributed by atoms with Gasteiger partial charge in [0.1, 0.15) is 17.0 Å². The van der Waals surface area contributed by atoms with Gasteiger partial charge in [-0.05, 0) is 79.2 Å². The topological polar surface area (TPSA) is 145 Å². The van der Waals surface area contributed by atoms with Crippen LogP contribution in [0, 0.1) is 0 Å². The average molecular weight is 616 g/mol. The van der Waals surface area contributed by atoms with Gasteiger partial charge in [0.2, 0.25) is 5.91 Å². The van der Waals surface area contributed by atoms with E-state index in [-0.39, 0.29) is 22.9 Å². The first-order valence-electron chi connectivity index (χ1n) is 12.9. The van der Waals surface area contributed by atoms with Crippen molar-refractivity contribution in [1.82, 2.24) is 5.32 Å². The predicted molar refractivity (Wildman–Crippen MR) is 167 cm³/mol. The van der Waals surface area contributed by atoms with E-state index in [9.17, 15) is 24.3 Å². The smallest absolute Gasteiger partial charge is 0.339 e. The minimum atomic E-state index is -1.31. The maximum atomic E-state index is 13.3. The quantitative estimate of drug-likeness (QED) is 0.0803. The summed E-state index contributed by atoms with van der Waals surface area (Å²) < 4.78 is 0. The van der Waals surface area contributed by atoms with Gasteiger partial charge in [0, 0.05) is 26.9 Å². The lowest BCUT2D eigenvalue weighted by Gasteiger charge is -2.14. The summed E-state index contributed by atoms with van der Waals surface area (Å²) in [6.07, 6.45) is 1.50. The summed E-state index contributed by atoms with van der Waals surface area (Å²) in [6.45, 7) is 1.69. The lowest BCUT2D eigenvalue weighted by molar-refractivity contribution is -0.115. The molecule has 0 saturated heterocycles. The molecule has 0 heterocycles. The summed E-state index contributed by atoms with van der Waals surface area (Å²) in [5.41, 5.74) is 1.30. The van der Waals surface area contributed by atoms with Crippen molar-refractivity contribution >= 4 is 64.5 Å². The standard InChI is InChI=1S/C32H26ClN3O6S/c1-19(29(38)35-23-13-16-28(37)25(18-23)32(41)42)43-24-14-11-22(12-15-24)34-31(40)27(17-21-9-5-6-10-26(21)33)36-30(39)20-7-3-2-4-8-20/h2-19,37H,1H3,(H,34,40)(H,35,38)(H,36,39)(H,41,42)/b27-17-. The number of hydrogen-bond donors (Lipinski definition) is 5. The number of aromatic carboxylic acids is 1. The molecule has 1 atom stereocenters. The SMILES string of the molecule is CC(Sc1ccc(NC(=O)/C(=C/c2ccccc2Cl)NC(=O)c2ccccc2)cc1)C(=O)Nc1ccc(O)c(C(=O)O)c1. The van der Waals surface area contributed by atoms with Gasteiger partial charge < -0.3 is 26.2 Å². The third kappa shape index (κ3) is 8.48. The van der Waals surface area contributed by atoms with Crippen LogP contribution >= 0.6 is 23.4 Å². The van der Waals surface area contributed by atoms with Crippen LogP contribution in [0.1, 0.15) is 33.2 Å². The first-order chi connectivity index (χ1) is 20.6. The van der Waals surface area contributed by atoms with Gasteiger partial charge in [0.05, 0.1) is 5.25 Å². The minimum absolute atomic E-state index is 0.00835. The number of benzene rings is 4. The molecule has 0 aliphatic rings. The van der Waals surface area contributed by atoms with E-state index in [2.05, 4.69) is 16.0 Å².